The molecule has 2 aromatic rings. The number of carboxylic acids is 1. The first-order chi connectivity index (χ1) is 9.58. The van der Waals surface area contributed by atoms with Gasteiger partial charge in [-0.2, -0.15) is 0 Å². The molecular formula is C16H13NO3. The minimum Gasteiger partial charge on any atom is -0.477 e. The van der Waals surface area contributed by atoms with Crippen molar-refractivity contribution < 1.29 is 14.7 Å². The monoisotopic (exact) mass is 267 g/mol. The van der Waals surface area contributed by atoms with Crippen LogP contribution in [0.2, 0.25) is 0 Å². The minimum absolute atomic E-state index is 0.0765. The lowest BCUT2D eigenvalue weighted by atomic mass is 10.0. The Bertz CT molecular complexity index is 658. The van der Waals surface area contributed by atoms with Crippen LogP contribution >= 0.6 is 0 Å². The summed E-state index contributed by atoms with van der Waals surface area (Å²) in [5.74, 6) is -1.25. The first-order valence-corrected chi connectivity index (χ1v) is 5.98. The van der Waals surface area contributed by atoms with E-state index in [-0.39, 0.29) is 11.5 Å². The number of ketones is 1. The maximum atomic E-state index is 12.2. The Morgan fingerprint density at radius 2 is 1.45 bits per heavy atom. The van der Waals surface area contributed by atoms with Gasteiger partial charge in [0.15, 0.2) is 5.78 Å². The van der Waals surface area contributed by atoms with Gasteiger partial charge in [0.1, 0.15) is 5.70 Å². The second kappa shape index (κ2) is 5.84. The van der Waals surface area contributed by atoms with E-state index in [2.05, 4.69) is 0 Å². The average Bonchev–Trinajstić information content (AvgIpc) is 2.48. The van der Waals surface area contributed by atoms with Gasteiger partial charge in [-0.05, 0) is 11.6 Å². The van der Waals surface area contributed by atoms with Gasteiger partial charge in [0.25, 0.3) is 0 Å². The summed E-state index contributed by atoms with van der Waals surface area (Å²) in [5.41, 5.74) is 6.88. The van der Waals surface area contributed by atoms with Crippen LogP contribution in [0.1, 0.15) is 21.5 Å². The molecule has 4 heteroatoms. The summed E-state index contributed by atoms with van der Waals surface area (Å²) < 4.78 is 0. The van der Waals surface area contributed by atoms with Crippen molar-refractivity contribution in [2.45, 2.75) is 0 Å². The summed E-state index contributed by atoms with van der Waals surface area (Å²) in [6.07, 6.45) is 1.35. The van der Waals surface area contributed by atoms with Crippen molar-refractivity contribution in [3.8, 4) is 0 Å². The van der Waals surface area contributed by atoms with Crippen LogP contribution in [-0.4, -0.2) is 16.9 Å². The third-order valence-corrected chi connectivity index (χ3v) is 2.78. The molecule has 2 aromatic carbocycles. The van der Waals surface area contributed by atoms with E-state index in [1.807, 2.05) is 6.07 Å². The number of carbonyl (C=O) groups excluding carboxylic acids is 1. The molecule has 2 rings (SSSR count). The van der Waals surface area contributed by atoms with Gasteiger partial charge in [-0.25, -0.2) is 4.79 Å². The van der Waals surface area contributed by atoms with E-state index in [0.29, 0.717) is 16.7 Å². The van der Waals surface area contributed by atoms with Gasteiger partial charge < -0.3 is 10.8 Å². The van der Waals surface area contributed by atoms with Gasteiger partial charge in [0.05, 0.1) is 0 Å². The highest BCUT2D eigenvalue weighted by atomic mass is 16.4. The zero-order chi connectivity index (χ0) is 14.5. The fraction of sp³-hybridized carbons (Fsp3) is 0. The highest BCUT2D eigenvalue weighted by Crippen LogP contribution is 2.12. The molecule has 0 aromatic heterocycles. The SMILES string of the molecule is N/C(=C\c1ccc(C(=O)c2ccccc2)cc1)C(=O)O. The molecule has 0 spiro atoms. The van der Waals surface area contributed by atoms with Gasteiger partial charge >= 0.3 is 5.97 Å². The number of benzene rings is 2. The number of hydrogen-bond acceptors (Lipinski definition) is 3. The molecule has 0 aliphatic heterocycles. The van der Waals surface area contributed by atoms with Crippen LogP contribution in [0.15, 0.2) is 60.3 Å². The minimum atomic E-state index is -1.17. The summed E-state index contributed by atoms with van der Waals surface area (Å²) in [5, 5.41) is 8.69. The molecule has 20 heavy (non-hydrogen) atoms. The van der Waals surface area contributed by atoms with Crippen LogP contribution in [0.5, 0.6) is 0 Å². The van der Waals surface area contributed by atoms with Crippen molar-refractivity contribution in [2.24, 2.45) is 5.73 Å². The van der Waals surface area contributed by atoms with E-state index < -0.39 is 5.97 Å². The average molecular weight is 267 g/mol. The van der Waals surface area contributed by atoms with Crippen LogP contribution in [0.3, 0.4) is 0 Å². The normalized spacial score (nSPS) is 11.1. The Morgan fingerprint density at radius 3 is 2.00 bits per heavy atom. The number of nitrogens with two attached hydrogens (primary N) is 1. The molecule has 0 saturated heterocycles. The van der Waals surface area contributed by atoms with Crippen molar-refractivity contribution in [1.29, 1.82) is 0 Å². The summed E-state index contributed by atoms with van der Waals surface area (Å²) in [6, 6.07) is 15.6. The second-order valence-electron chi connectivity index (χ2n) is 4.22. The smallest absolute Gasteiger partial charge is 0.351 e. The summed E-state index contributed by atoms with van der Waals surface area (Å²) >= 11 is 0. The lowest BCUT2D eigenvalue weighted by molar-refractivity contribution is -0.132. The molecule has 0 radical (unpaired) electrons. The largest absolute Gasteiger partial charge is 0.477 e. The van der Waals surface area contributed by atoms with Crippen LogP contribution < -0.4 is 5.73 Å². The molecule has 0 atom stereocenters. The number of hydrogen-bond donors (Lipinski definition) is 2. The highest BCUT2D eigenvalue weighted by molar-refractivity contribution is 6.09. The van der Waals surface area contributed by atoms with Gasteiger partial charge in [0.2, 0.25) is 0 Å². The van der Waals surface area contributed by atoms with Crippen LogP contribution in [-0.2, 0) is 4.79 Å². The molecule has 0 heterocycles. The van der Waals surface area contributed by atoms with E-state index in [1.165, 1.54) is 6.08 Å². The van der Waals surface area contributed by atoms with Crippen LogP contribution in [0.4, 0.5) is 0 Å². The third-order valence-electron chi connectivity index (χ3n) is 2.78. The lowest BCUT2D eigenvalue weighted by Crippen LogP contribution is -2.09. The van der Waals surface area contributed by atoms with Gasteiger partial charge in [-0.1, -0.05) is 54.6 Å². The molecule has 0 bridgehead atoms. The molecule has 0 unspecified atom stereocenters. The Hall–Kier alpha value is -2.88. The second-order valence-corrected chi connectivity index (χ2v) is 4.22. The Kier molecular flexibility index (Phi) is 3.96. The quantitative estimate of drug-likeness (QED) is 0.658. The lowest BCUT2D eigenvalue weighted by Gasteiger charge is -2.02. The first-order valence-electron chi connectivity index (χ1n) is 5.98. The molecule has 0 aliphatic carbocycles. The zero-order valence-corrected chi connectivity index (χ0v) is 10.6. The molecular weight excluding hydrogens is 254 g/mol. The predicted octanol–water partition coefficient (Wildman–Crippen LogP) is 2.30. The molecule has 4 nitrogen and oxygen atoms in total. The van der Waals surface area contributed by atoms with E-state index >= 15 is 0 Å². The zero-order valence-electron chi connectivity index (χ0n) is 10.6. The number of aliphatic carboxylic acids is 1. The number of carboxylic acid groups (broad SMARTS) is 1. The van der Waals surface area contributed by atoms with E-state index in [1.54, 1.807) is 48.5 Å². The maximum absolute atomic E-state index is 12.2. The predicted molar refractivity (Wildman–Crippen MR) is 76.1 cm³/mol. The van der Waals surface area contributed by atoms with Crippen molar-refractivity contribution in [2.75, 3.05) is 0 Å². The molecule has 3 N–H and O–H groups in total. The van der Waals surface area contributed by atoms with Crippen LogP contribution in [0, 0.1) is 0 Å². The molecule has 100 valence electrons. The van der Waals surface area contributed by atoms with Gasteiger partial charge in [0, 0.05) is 11.1 Å². The maximum Gasteiger partial charge on any atom is 0.351 e. The molecule has 0 fully saturated rings. The van der Waals surface area contributed by atoms with Crippen molar-refractivity contribution in [3.05, 3.63) is 77.0 Å². The van der Waals surface area contributed by atoms with Crippen molar-refractivity contribution in [1.82, 2.24) is 0 Å². The van der Waals surface area contributed by atoms with Gasteiger partial charge in [-0.15, -0.1) is 0 Å². The van der Waals surface area contributed by atoms with Crippen molar-refractivity contribution in [3.63, 3.8) is 0 Å². The fourth-order valence-electron chi connectivity index (χ4n) is 1.73. The standard InChI is InChI=1S/C16H13NO3/c17-14(16(19)20)10-11-6-8-13(9-7-11)15(18)12-4-2-1-3-5-12/h1-10H,17H2,(H,19,20)/b14-10-. The number of rotatable bonds is 4. The third kappa shape index (κ3) is 3.11. The summed E-state index contributed by atoms with van der Waals surface area (Å²) in [4.78, 5) is 22.8. The first kappa shape index (κ1) is 13.5. The van der Waals surface area contributed by atoms with Gasteiger partial charge in [-0.3, -0.25) is 4.79 Å². The topological polar surface area (TPSA) is 80.4 Å². The Balaban J connectivity index is 2.23. The molecule has 0 amide bonds. The van der Waals surface area contributed by atoms with Crippen molar-refractivity contribution >= 4 is 17.8 Å². The van der Waals surface area contributed by atoms with E-state index in [4.69, 9.17) is 10.8 Å². The number of carbonyl (C=O) groups is 2. The van der Waals surface area contributed by atoms with Crippen LogP contribution in [0.25, 0.3) is 6.08 Å². The van der Waals surface area contributed by atoms with E-state index in [0.717, 1.165) is 0 Å². The molecule has 0 saturated carbocycles. The summed E-state index contributed by atoms with van der Waals surface area (Å²) in [7, 11) is 0. The fourth-order valence-corrected chi connectivity index (χ4v) is 1.73. The van der Waals surface area contributed by atoms with E-state index in [9.17, 15) is 9.59 Å². The molecule has 0 aliphatic rings. The Labute approximate surface area is 116 Å². The summed E-state index contributed by atoms with van der Waals surface area (Å²) in [6.45, 7) is 0. The Morgan fingerprint density at radius 1 is 0.900 bits per heavy atom. The highest BCUT2D eigenvalue weighted by Gasteiger charge is 2.08.